The number of amides is 1. The van der Waals surface area contributed by atoms with E-state index in [9.17, 15) is 14.9 Å². The Balaban J connectivity index is 1.66. The van der Waals surface area contributed by atoms with Crippen molar-refractivity contribution in [3.63, 3.8) is 0 Å². The van der Waals surface area contributed by atoms with Crippen LogP contribution in [-0.2, 0) is 4.79 Å². The number of hydrogen-bond acceptors (Lipinski definition) is 6. The number of nitrogens with one attached hydrogen (secondary N) is 1. The Morgan fingerprint density at radius 3 is 2.69 bits per heavy atom. The van der Waals surface area contributed by atoms with Gasteiger partial charge in [-0.25, -0.2) is 5.43 Å². The van der Waals surface area contributed by atoms with Crippen molar-refractivity contribution in [1.82, 2.24) is 5.43 Å². The molecule has 0 atom stereocenters. The summed E-state index contributed by atoms with van der Waals surface area (Å²) in [6, 6.07) is 12.3. The third-order valence-electron chi connectivity index (χ3n) is 5.24. The lowest BCUT2D eigenvalue weighted by molar-refractivity contribution is -0.385. The van der Waals surface area contributed by atoms with Gasteiger partial charge in [0.1, 0.15) is 0 Å². The first-order valence-electron chi connectivity index (χ1n) is 10.4. The molecule has 1 aliphatic rings. The van der Waals surface area contributed by atoms with Crippen molar-refractivity contribution in [3.05, 3.63) is 69.8 Å². The summed E-state index contributed by atoms with van der Waals surface area (Å²) < 4.78 is 5.26. The van der Waals surface area contributed by atoms with Crippen LogP contribution >= 0.6 is 0 Å². The molecule has 0 saturated heterocycles. The van der Waals surface area contributed by atoms with Gasteiger partial charge in [0.15, 0.2) is 12.4 Å². The number of anilines is 1. The van der Waals surface area contributed by atoms with E-state index in [4.69, 9.17) is 4.74 Å². The third-order valence-corrected chi connectivity index (χ3v) is 5.24. The van der Waals surface area contributed by atoms with Crippen LogP contribution in [0, 0.1) is 10.1 Å². The van der Waals surface area contributed by atoms with Crippen molar-refractivity contribution in [2.45, 2.75) is 46.2 Å². The molecule has 168 valence electrons. The van der Waals surface area contributed by atoms with Crippen LogP contribution in [0.5, 0.6) is 5.75 Å². The number of nitro groups is 1. The Morgan fingerprint density at radius 2 is 2.00 bits per heavy atom. The van der Waals surface area contributed by atoms with Crippen molar-refractivity contribution >= 4 is 29.1 Å². The molecule has 0 saturated carbocycles. The number of allylic oxidation sites excluding steroid dienone is 1. The summed E-state index contributed by atoms with van der Waals surface area (Å²) in [6.07, 6.45) is 3.83. The summed E-state index contributed by atoms with van der Waals surface area (Å²) in [4.78, 5) is 24.9. The number of benzene rings is 2. The number of hydrogen-bond donors (Lipinski definition) is 1. The second kappa shape index (κ2) is 9.21. The molecule has 1 N–H and O–H groups in total. The fourth-order valence-electron chi connectivity index (χ4n) is 4.18. The first-order valence-corrected chi connectivity index (χ1v) is 10.4. The van der Waals surface area contributed by atoms with Crippen molar-refractivity contribution in [1.29, 1.82) is 0 Å². The maximum absolute atomic E-state index is 12.0. The van der Waals surface area contributed by atoms with Gasteiger partial charge in [-0.1, -0.05) is 24.3 Å². The van der Waals surface area contributed by atoms with Crippen LogP contribution in [0.15, 0.2) is 53.6 Å². The van der Waals surface area contributed by atoms with E-state index in [2.05, 4.69) is 62.2 Å². The van der Waals surface area contributed by atoms with Gasteiger partial charge in [0, 0.05) is 23.4 Å². The number of rotatable bonds is 7. The molecule has 3 rings (SSSR count). The molecule has 1 amide bonds. The monoisotopic (exact) mass is 436 g/mol. The van der Waals surface area contributed by atoms with Gasteiger partial charge in [-0.15, -0.1) is 0 Å². The Hall–Kier alpha value is -3.68. The van der Waals surface area contributed by atoms with Gasteiger partial charge in [0.2, 0.25) is 0 Å². The smallest absolute Gasteiger partial charge is 0.310 e. The predicted molar refractivity (Wildman–Crippen MR) is 126 cm³/mol. The van der Waals surface area contributed by atoms with Crippen molar-refractivity contribution in [3.8, 4) is 5.75 Å². The van der Waals surface area contributed by atoms with Crippen LogP contribution < -0.4 is 15.1 Å². The second-order valence-corrected chi connectivity index (χ2v) is 8.53. The zero-order valence-corrected chi connectivity index (χ0v) is 19.0. The molecule has 8 heteroatoms. The Bertz CT molecular complexity index is 1090. The number of carbonyl (C=O) groups is 1. The van der Waals surface area contributed by atoms with E-state index in [-0.39, 0.29) is 23.6 Å². The van der Waals surface area contributed by atoms with Gasteiger partial charge in [-0.05, 0) is 64.0 Å². The Morgan fingerprint density at radius 1 is 1.28 bits per heavy atom. The molecule has 32 heavy (non-hydrogen) atoms. The Kier molecular flexibility index (Phi) is 6.62. The van der Waals surface area contributed by atoms with Crippen molar-refractivity contribution < 1.29 is 14.5 Å². The van der Waals surface area contributed by atoms with Gasteiger partial charge in [-0.2, -0.15) is 5.10 Å². The van der Waals surface area contributed by atoms with Gasteiger partial charge in [-0.3, -0.25) is 14.9 Å². The van der Waals surface area contributed by atoms with Gasteiger partial charge in [0.05, 0.1) is 16.7 Å². The molecule has 0 aromatic heterocycles. The van der Waals surface area contributed by atoms with E-state index < -0.39 is 10.8 Å². The lowest BCUT2D eigenvalue weighted by atomic mass is 9.87. The largest absolute Gasteiger partial charge is 0.477 e. The summed E-state index contributed by atoms with van der Waals surface area (Å²) >= 11 is 0. The minimum absolute atomic E-state index is 0.0335. The van der Waals surface area contributed by atoms with E-state index >= 15 is 0 Å². The maximum atomic E-state index is 12.0. The number of ether oxygens (including phenoxy) is 1. The molecule has 1 heterocycles. The number of carbonyl (C=O) groups excluding carboxylic acids is 1. The van der Waals surface area contributed by atoms with Crippen molar-refractivity contribution in [2.75, 3.05) is 11.5 Å². The standard InChI is InChI=1S/C24H28N4O4/c1-16(2)27-20-11-10-18(12-19(20)17(3)13-24(27,4)5)14-25-26-23(29)15-32-22-9-7-6-8-21(22)28(30)31/h6-14,16H,15H2,1-5H3,(H,26,29)/b25-14-. The van der Waals surface area contributed by atoms with E-state index in [0.717, 1.165) is 11.1 Å². The number of nitrogens with zero attached hydrogens (tertiary/aromatic N) is 3. The number of hydrazone groups is 1. The molecule has 2 aromatic carbocycles. The van der Waals surface area contributed by atoms with Crippen LogP contribution in [0.1, 0.15) is 45.7 Å². The molecule has 0 spiro atoms. The third kappa shape index (κ3) is 4.96. The number of para-hydroxylation sites is 2. The topological polar surface area (TPSA) is 97.1 Å². The normalized spacial score (nSPS) is 14.8. The molecule has 2 aromatic rings. The quantitative estimate of drug-likeness (QED) is 0.391. The molecule has 0 unspecified atom stereocenters. The van der Waals surface area contributed by atoms with Gasteiger partial charge >= 0.3 is 5.69 Å². The first kappa shape index (κ1) is 23.0. The summed E-state index contributed by atoms with van der Waals surface area (Å²) in [5, 5.41) is 15.0. The number of fused-ring (bicyclic) bond motifs is 1. The van der Waals surface area contributed by atoms with E-state index in [1.807, 2.05) is 12.1 Å². The molecular formula is C24H28N4O4. The highest BCUT2D eigenvalue weighted by Crippen LogP contribution is 2.40. The minimum atomic E-state index is -0.556. The van der Waals surface area contributed by atoms with Crippen LogP contribution in [0.25, 0.3) is 5.57 Å². The SMILES string of the molecule is CC1=CC(C)(C)N(C(C)C)c2ccc(/C=N\NC(=O)COc3ccccc3[N+](=O)[O-])cc21. The van der Waals surface area contributed by atoms with E-state index in [1.54, 1.807) is 12.3 Å². The fraction of sp³-hybridized carbons (Fsp3) is 0.333. The summed E-state index contributed by atoms with van der Waals surface area (Å²) in [5.41, 5.74) is 6.46. The van der Waals surface area contributed by atoms with Crippen LogP contribution in [0.2, 0.25) is 0 Å². The highest BCUT2D eigenvalue weighted by molar-refractivity contribution is 5.88. The second-order valence-electron chi connectivity index (χ2n) is 8.53. The zero-order chi connectivity index (χ0) is 23.5. The predicted octanol–water partition coefficient (Wildman–Crippen LogP) is 4.53. The molecule has 1 aliphatic heterocycles. The Labute approximate surface area is 187 Å². The van der Waals surface area contributed by atoms with Crippen LogP contribution in [0.3, 0.4) is 0 Å². The summed E-state index contributed by atoms with van der Waals surface area (Å²) in [6.45, 7) is 10.5. The minimum Gasteiger partial charge on any atom is -0.477 e. The molecule has 0 aliphatic carbocycles. The van der Waals surface area contributed by atoms with Crippen LogP contribution in [-0.4, -0.2) is 35.2 Å². The number of nitro benzene ring substituents is 1. The van der Waals surface area contributed by atoms with Crippen molar-refractivity contribution in [2.24, 2.45) is 5.10 Å². The molecular weight excluding hydrogens is 408 g/mol. The maximum Gasteiger partial charge on any atom is 0.310 e. The van der Waals surface area contributed by atoms with Gasteiger partial charge < -0.3 is 9.64 Å². The van der Waals surface area contributed by atoms with E-state index in [1.165, 1.54) is 29.5 Å². The summed E-state index contributed by atoms with van der Waals surface area (Å²) in [5.74, 6) is -0.479. The molecule has 0 fully saturated rings. The highest BCUT2D eigenvalue weighted by Gasteiger charge is 2.32. The van der Waals surface area contributed by atoms with Crippen LogP contribution in [0.4, 0.5) is 11.4 Å². The fourth-order valence-corrected chi connectivity index (χ4v) is 4.18. The lowest BCUT2D eigenvalue weighted by Gasteiger charge is -2.46. The highest BCUT2D eigenvalue weighted by atomic mass is 16.6. The molecule has 0 radical (unpaired) electrons. The average Bonchev–Trinajstić information content (AvgIpc) is 2.71. The van der Waals surface area contributed by atoms with Gasteiger partial charge in [0.25, 0.3) is 5.91 Å². The lowest BCUT2D eigenvalue weighted by Crippen LogP contribution is -2.49. The summed E-state index contributed by atoms with van der Waals surface area (Å²) in [7, 11) is 0. The molecule has 0 bridgehead atoms. The first-order chi connectivity index (χ1) is 15.1. The average molecular weight is 437 g/mol. The van der Waals surface area contributed by atoms with E-state index in [0.29, 0.717) is 6.04 Å². The molecule has 8 nitrogen and oxygen atoms in total. The zero-order valence-electron chi connectivity index (χ0n) is 19.0.